The molecule has 25 heavy (non-hydrogen) atoms. The van der Waals surface area contributed by atoms with Gasteiger partial charge in [0.2, 0.25) is 0 Å². The fraction of sp³-hybridized carbons (Fsp3) is 0.200. The lowest BCUT2D eigenvalue weighted by atomic mass is 10.1. The minimum atomic E-state index is -0.211. The summed E-state index contributed by atoms with van der Waals surface area (Å²) in [5, 5.41) is 3.38. The number of amides is 1. The number of carbonyl (C=O) groups excluding carboxylic acids is 1. The van der Waals surface area contributed by atoms with E-state index in [4.69, 9.17) is 4.74 Å². The molecule has 1 amide bonds. The molecule has 128 valence electrons. The van der Waals surface area contributed by atoms with E-state index in [1.165, 1.54) is 22.5 Å². The van der Waals surface area contributed by atoms with E-state index in [9.17, 15) is 4.79 Å². The van der Waals surface area contributed by atoms with E-state index in [1.807, 2.05) is 31.2 Å². The summed E-state index contributed by atoms with van der Waals surface area (Å²) in [5.41, 5.74) is 3.63. The molecule has 1 heterocycles. The van der Waals surface area contributed by atoms with Crippen LogP contribution < -0.4 is 10.1 Å². The Balaban J connectivity index is 1.51. The molecule has 0 fully saturated rings. The number of aromatic nitrogens is 1. The van der Waals surface area contributed by atoms with Crippen molar-refractivity contribution < 1.29 is 9.53 Å². The molecule has 0 aliphatic carbocycles. The number of aryl methyl sites for hydroxylation is 2. The van der Waals surface area contributed by atoms with E-state index in [-0.39, 0.29) is 12.5 Å². The third-order valence-electron chi connectivity index (χ3n) is 3.69. The summed E-state index contributed by atoms with van der Waals surface area (Å²) >= 11 is 1.49. The quantitative estimate of drug-likeness (QED) is 0.717. The lowest BCUT2D eigenvalue weighted by molar-refractivity contribution is -0.118. The van der Waals surface area contributed by atoms with Crippen LogP contribution in [-0.4, -0.2) is 17.5 Å². The second kappa shape index (κ2) is 7.94. The molecule has 1 aromatic heterocycles. The number of ether oxygens (including phenoxy) is 1. The molecule has 0 aliphatic heterocycles. The van der Waals surface area contributed by atoms with Crippen molar-refractivity contribution in [2.45, 2.75) is 20.3 Å². The minimum Gasteiger partial charge on any atom is -0.484 e. The highest BCUT2D eigenvalue weighted by Crippen LogP contribution is 2.21. The van der Waals surface area contributed by atoms with Crippen molar-refractivity contribution in [2.75, 3.05) is 11.9 Å². The normalized spacial score (nSPS) is 10.5. The SMILES string of the molecule is Cc1ccc(Cc2cnc(NC(=O)COc3ccc(C)cc3)s2)cc1. The summed E-state index contributed by atoms with van der Waals surface area (Å²) in [7, 11) is 0. The Labute approximate surface area is 151 Å². The fourth-order valence-electron chi connectivity index (χ4n) is 2.29. The first-order valence-corrected chi connectivity index (χ1v) is 8.90. The highest BCUT2D eigenvalue weighted by atomic mass is 32.1. The van der Waals surface area contributed by atoms with Gasteiger partial charge in [-0.15, -0.1) is 11.3 Å². The van der Waals surface area contributed by atoms with E-state index in [0.29, 0.717) is 10.9 Å². The third kappa shape index (κ3) is 5.16. The first kappa shape index (κ1) is 17.2. The van der Waals surface area contributed by atoms with Crippen LogP contribution in [0.25, 0.3) is 0 Å². The average molecular weight is 352 g/mol. The van der Waals surface area contributed by atoms with Crippen molar-refractivity contribution in [3.05, 3.63) is 76.3 Å². The summed E-state index contributed by atoms with van der Waals surface area (Å²) in [6, 6.07) is 16.0. The summed E-state index contributed by atoms with van der Waals surface area (Å²) in [6.45, 7) is 4.05. The van der Waals surface area contributed by atoms with Crippen LogP contribution in [0.5, 0.6) is 5.75 Å². The fourth-order valence-corrected chi connectivity index (χ4v) is 3.16. The van der Waals surface area contributed by atoms with Crippen molar-refractivity contribution in [3.8, 4) is 5.75 Å². The van der Waals surface area contributed by atoms with Crippen molar-refractivity contribution in [2.24, 2.45) is 0 Å². The monoisotopic (exact) mass is 352 g/mol. The minimum absolute atomic E-state index is 0.0318. The molecule has 4 nitrogen and oxygen atoms in total. The highest BCUT2D eigenvalue weighted by Gasteiger charge is 2.08. The van der Waals surface area contributed by atoms with Gasteiger partial charge < -0.3 is 4.74 Å². The zero-order chi connectivity index (χ0) is 17.6. The molecule has 0 atom stereocenters. The molecular formula is C20H20N2O2S. The molecule has 5 heteroatoms. The summed E-state index contributed by atoms with van der Waals surface area (Å²) in [4.78, 5) is 17.4. The van der Waals surface area contributed by atoms with Crippen LogP contribution >= 0.6 is 11.3 Å². The number of hydrogen-bond donors (Lipinski definition) is 1. The molecule has 0 saturated heterocycles. The molecule has 3 rings (SSSR count). The lowest BCUT2D eigenvalue weighted by Gasteiger charge is -2.05. The second-order valence-electron chi connectivity index (χ2n) is 5.94. The third-order valence-corrected chi connectivity index (χ3v) is 4.60. The number of anilines is 1. The zero-order valence-electron chi connectivity index (χ0n) is 14.3. The molecule has 1 N–H and O–H groups in total. The Morgan fingerprint density at radius 1 is 1.04 bits per heavy atom. The van der Waals surface area contributed by atoms with Crippen molar-refractivity contribution in [1.82, 2.24) is 4.98 Å². The van der Waals surface area contributed by atoms with Crippen molar-refractivity contribution >= 4 is 22.4 Å². The number of nitrogens with zero attached hydrogens (tertiary/aromatic N) is 1. The second-order valence-corrected chi connectivity index (χ2v) is 7.06. The number of thiazole rings is 1. The van der Waals surface area contributed by atoms with Gasteiger partial charge in [0.1, 0.15) is 5.75 Å². The van der Waals surface area contributed by atoms with Gasteiger partial charge in [-0.2, -0.15) is 0 Å². The number of benzene rings is 2. The maximum absolute atomic E-state index is 12.0. The first-order valence-electron chi connectivity index (χ1n) is 8.08. The Hall–Kier alpha value is -2.66. The molecule has 0 aliphatic rings. The molecule has 0 bridgehead atoms. The first-order chi connectivity index (χ1) is 12.1. The maximum atomic E-state index is 12.0. The number of hydrogen-bond acceptors (Lipinski definition) is 4. The lowest BCUT2D eigenvalue weighted by Crippen LogP contribution is -2.19. The predicted octanol–water partition coefficient (Wildman–Crippen LogP) is 4.37. The average Bonchev–Trinajstić information content (AvgIpc) is 3.03. The zero-order valence-corrected chi connectivity index (χ0v) is 15.1. The van der Waals surface area contributed by atoms with Gasteiger partial charge in [0, 0.05) is 17.5 Å². The topological polar surface area (TPSA) is 51.2 Å². The van der Waals surface area contributed by atoms with Gasteiger partial charge in [-0.05, 0) is 31.5 Å². The van der Waals surface area contributed by atoms with E-state index in [2.05, 4.69) is 41.5 Å². The van der Waals surface area contributed by atoms with Gasteiger partial charge in [0.15, 0.2) is 11.7 Å². The van der Waals surface area contributed by atoms with Crippen molar-refractivity contribution in [1.29, 1.82) is 0 Å². The van der Waals surface area contributed by atoms with E-state index in [0.717, 1.165) is 16.9 Å². The predicted molar refractivity (Wildman–Crippen MR) is 101 cm³/mol. The van der Waals surface area contributed by atoms with Crippen molar-refractivity contribution in [3.63, 3.8) is 0 Å². The Kier molecular flexibility index (Phi) is 5.46. The summed E-state index contributed by atoms with van der Waals surface area (Å²) in [6.07, 6.45) is 2.62. The van der Waals surface area contributed by atoms with Crippen LogP contribution in [0.4, 0.5) is 5.13 Å². The largest absolute Gasteiger partial charge is 0.484 e. The molecule has 2 aromatic carbocycles. The molecule has 0 saturated carbocycles. The van der Waals surface area contributed by atoms with Crippen LogP contribution in [0.15, 0.2) is 54.7 Å². The smallest absolute Gasteiger partial charge is 0.264 e. The van der Waals surface area contributed by atoms with Gasteiger partial charge in [-0.25, -0.2) is 4.98 Å². The summed E-state index contributed by atoms with van der Waals surface area (Å²) < 4.78 is 5.47. The van der Waals surface area contributed by atoms with Crippen LogP contribution in [0.1, 0.15) is 21.6 Å². The Morgan fingerprint density at radius 3 is 2.36 bits per heavy atom. The highest BCUT2D eigenvalue weighted by molar-refractivity contribution is 7.15. The Bertz CT molecular complexity index is 839. The van der Waals surface area contributed by atoms with Gasteiger partial charge in [0.05, 0.1) is 0 Å². The molecule has 0 spiro atoms. The van der Waals surface area contributed by atoms with Crippen LogP contribution in [0.3, 0.4) is 0 Å². The number of carbonyl (C=O) groups is 1. The van der Waals surface area contributed by atoms with Gasteiger partial charge >= 0.3 is 0 Å². The van der Waals surface area contributed by atoms with Crippen LogP contribution in [-0.2, 0) is 11.2 Å². The molecule has 3 aromatic rings. The number of rotatable bonds is 6. The van der Waals surface area contributed by atoms with Crippen LogP contribution in [0, 0.1) is 13.8 Å². The van der Waals surface area contributed by atoms with E-state index in [1.54, 1.807) is 6.20 Å². The molecular weight excluding hydrogens is 332 g/mol. The van der Waals surface area contributed by atoms with Crippen LogP contribution in [0.2, 0.25) is 0 Å². The summed E-state index contributed by atoms with van der Waals surface area (Å²) in [5.74, 6) is 0.469. The standard InChI is InChI=1S/C20H20N2O2S/c1-14-3-7-16(8-4-14)11-18-12-21-20(25-18)22-19(23)13-24-17-9-5-15(2)6-10-17/h3-10,12H,11,13H2,1-2H3,(H,21,22,23). The maximum Gasteiger partial charge on any atom is 0.264 e. The van der Waals surface area contributed by atoms with E-state index < -0.39 is 0 Å². The Morgan fingerprint density at radius 2 is 1.68 bits per heavy atom. The van der Waals surface area contributed by atoms with Gasteiger partial charge in [-0.3, -0.25) is 10.1 Å². The van der Waals surface area contributed by atoms with E-state index >= 15 is 0 Å². The molecule has 0 unspecified atom stereocenters. The van der Waals surface area contributed by atoms with Gasteiger partial charge in [0.25, 0.3) is 5.91 Å². The van der Waals surface area contributed by atoms with Gasteiger partial charge in [-0.1, -0.05) is 47.5 Å². The molecule has 0 radical (unpaired) electrons. The number of nitrogens with one attached hydrogen (secondary N) is 1.